The van der Waals surface area contributed by atoms with E-state index < -0.39 is 54.6 Å². The van der Waals surface area contributed by atoms with E-state index in [9.17, 15) is 17.6 Å². The van der Waals surface area contributed by atoms with E-state index in [1.807, 2.05) is 20.8 Å². The van der Waals surface area contributed by atoms with Gasteiger partial charge in [0.2, 0.25) is 0 Å². The first-order valence-corrected chi connectivity index (χ1v) is 10.5. The summed E-state index contributed by atoms with van der Waals surface area (Å²) in [5.41, 5.74) is -1.89. The monoisotopic (exact) mass is 336 g/mol. The maximum atomic E-state index is 14.4. The molecule has 6 heteroatoms. The van der Waals surface area contributed by atoms with Gasteiger partial charge in [0.1, 0.15) is 0 Å². The molecule has 0 radical (unpaired) electrons. The Hall–Kier alpha value is -0.883. The molecule has 1 aromatic rings. The molecule has 1 rings (SSSR count). The van der Waals surface area contributed by atoms with Gasteiger partial charge < -0.3 is 5.11 Å². The van der Waals surface area contributed by atoms with Crippen LogP contribution in [0.5, 0.6) is 0 Å². The zero-order chi connectivity index (χ0) is 17.1. The molecule has 0 aliphatic carbocycles. The fourth-order valence-corrected chi connectivity index (χ4v) is 8.28. The van der Waals surface area contributed by atoms with Crippen LogP contribution in [0.2, 0.25) is 18.1 Å². The largest absolute Gasteiger partial charge is 0.391 e. The Balaban J connectivity index is 3.66. The minimum Gasteiger partial charge on any atom is -0.391 e. The molecule has 0 aliphatic heterocycles. The third-order valence-electron chi connectivity index (χ3n) is 5.15. The Morgan fingerprint density at radius 3 is 1.50 bits per heavy atom. The second-order valence-corrected chi connectivity index (χ2v) is 11.2. The van der Waals surface area contributed by atoms with Crippen molar-refractivity contribution >= 4 is 8.07 Å². The lowest BCUT2D eigenvalue weighted by Gasteiger charge is -2.37. The van der Waals surface area contributed by atoms with Gasteiger partial charge in [0.05, 0.1) is 20.2 Å². The molecule has 0 heterocycles. The maximum absolute atomic E-state index is 14.4. The summed E-state index contributed by atoms with van der Waals surface area (Å²) in [4.78, 5) is 0. The summed E-state index contributed by atoms with van der Waals surface area (Å²) >= 11 is 0. The minimum atomic E-state index is -2.10. The molecule has 0 aliphatic rings. The molecule has 0 fully saturated rings. The van der Waals surface area contributed by atoms with Gasteiger partial charge in [-0.1, -0.05) is 52.2 Å². The Kier molecular flexibility index (Phi) is 6.61. The number of aliphatic hydroxyl groups is 1. The predicted molar refractivity (Wildman–Crippen MR) is 82.4 cm³/mol. The molecule has 1 atom stereocenters. The third-order valence-corrected chi connectivity index (χ3v) is 11.6. The van der Waals surface area contributed by atoms with Crippen LogP contribution < -0.4 is 0 Å². The Labute approximate surface area is 130 Å². The van der Waals surface area contributed by atoms with Gasteiger partial charge in [0, 0.05) is 5.56 Å². The molecule has 1 nitrogen and oxygen atoms in total. The highest BCUT2D eigenvalue weighted by Gasteiger charge is 2.41. The molecule has 1 aromatic carbocycles. The highest BCUT2D eigenvalue weighted by atomic mass is 28.3. The molecular formula is C16H24F4OSi. The van der Waals surface area contributed by atoms with E-state index in [0.29, 0.717) is 6.42 Å². The van der Waals surface area contributed by atoms with Gasteiger partial charge in [-0.05, 0) is 5.54 Å². The SMILES string of the molecule is CCC(c1c(F)c(F)c(CO)c(F)c1F)[Si](CC)(CC)CC. The van der Waals surface area contributed by atoms with E-state index in [-0.39, 0.29) is 0 Å². The summed E-state index contributed by atoms with van der Waals surface area (Å²) in [6, 6.07) is 2.38. The second-order valence-electron chi connectivity index (χ2n) is 5.69. The van der Waals surface area contributed by atoms with Crippen molar-refractivity contribution in [1.82, 2.24) is 0 Å². The highest BCUT2D eigenvalue weighted by molar-refractivity contribution is 6.81. The van der Waals surface area contributed by atoms with Gasteiger partial charge in [0.25, 0.3) is 0 Å². The van der Waals surface area contributed by atoms with Crippen LogP contribution in [0.1, 0.15) is 50.8 Å². The zero-order valence-corrected chi connectivity index (χ0v) is 14.6. The minimum absolute atomic E-state index is 0.437. The maximum Gasteiger partial charge on any atom is 0.167 e. The van der Waals surface area contributed by atoms with E-state index in [1.165, 1.54) is 0 Å². The average Bonchev–Trinajstić information content (AvgIpc) is 2.53. The molecule has 22 heavy (non-hydrogen) atoms. The summed E-state index contributed by atoms with van der Waals surface area (Å²) in [6.07, 6.45) is 0.437. The van der Waals surface area contributed by atoms with E-state index in [4.69, 9.17) is 5.11 Å². The molecule has 0 spiro atoms. The Morgan fingerprint density at radius 1 is 0.818 bits per heavy atom. The van der Waals surface area contributed by atoms with Crippen molar-refractivity contribution in [3.05, 3.63) is 34.4 Å². The van der Waals surface area contributed by atoms with Gasteiger partial charge in [-0.2, -0.15) is 0 Å². The van der Waals surface area contributed by atoms with Crippen LogP contribution >= 0.6 is 0 Å². The first kappa shape index (κ1) is 19.2. The molecule has 0 aromatic heterocycles. The van der Waals surface area contributed by atoms with Crippen LogP contribution in [-0.2, 0) is 6.61 Å². The fourth-order valence-electron chi connectivity index (χ4n) is 3.57. The van der Waals surface area contributed by atoms with E-state index in [2.05, 4.69) is 0 Å². The number of hydrogen-bond acceptors (Lipinski definition) is 1. The lowest BCUT2D eigenvalue weighted by Crippen LogP contribution is -2.40. The van der Waals surface area contributed by atoms with Crippen molar-refractivity contribution < 1.29 is 22.7 Å². The van der Waals surface area contributed by atoms with Crippen LogP contribution in [0.25, 0.3) is 0 Å². The lowest BCUT2D eigenvalue weighted by atomic mass is 10.0. The van der Waals surface area contributed by atoms with Crippen molar-refractivity contribution in [1.29, 1.82) is 0 Å². The first-order valence-electron chi connectivity index (χ1n) is 7.80. The summed E-state index contributed by atoms with van der Waals surface area (Å²) in [7, 11) is -2.10. The molecule has 0 bridgehead atoms. The molecule has 0 amide bonds. The van der Waals surface area contributed by atoms with Crippen LogP contribution in [-0.4, -0.2) is 13.2 Å². The molecule has 0 saturated carbocycles. The number of aliphatic hydroxyl groups excluding tert-OH is 1. The normalized spacial score (nSPS) is 13.5. The molecule has 1 N–H and O–H groups in total. The average molecular weight is 336 g/mol. The quantitative estimate of drug-likeness (QED) is 0.408. The second kappa shape index (κ2) is 7.59. The molecular weight excluding hydrogens is 312 g/mol. The number of halogens is 4. The van der Waals surface area contributed by atoms with Crippen LogP contribution in [0, 0.1) is 23.3 Å². The summed E-state index contributed by atoms with van der Waals surface area (Å²) in [5, 5.41) is 8.93. The van der Waals surface area contributed by atoms with Crippen molar-refractivity contribution in [2.24, 2.45) is 0 Å². The molecule has 126 valence electrons. The van der Waals surface area contributed by atoms with Gasteiger partial charge in [-0.25, -0.2) is 17.6 Å². The number of benzene rings is 1. The number of hydrogen-bond donors (Lipinski definition) is 1. The summed E-state index contributed by atoms with van der Waals surface area (Å²) in [5.74, 6) is -5.63. The first-order chi connectivity index (χ1) is 10.3. The van der Waals surface area contributed by atoms with Gasteiger partial charge in [-0.3, -0.25) is 0 Å². The van der Waals surface area contributed by atoms with Gasteiger partial charge in [-0.15, -0.1) is 0 Å². The summed E-state index contributed by atoms with van der Waals surface area (Å²) < 4.78 is 56.7. The van der Waals surface area contributed by atoms with E-state index in [0.717, 1.165) is 18.1 Å². The Bertz CT molecular complexity index is 492. The molecule has 0 saturated heterocycles. The number of rotatable bonds is 7. The predicted octanol–water partition coefficient (Wildman–Crippen LogP) is 5.28. The van der Waals surface area contributed by atoms with Crippen LogP contribution in [0.15, 0.2) is 0 Å². The Morgan fingerprint density at radius 2 is 1.23 bits per heavy atom. The van der Waals surface area contributed by atoms with E-state index >= 15 is 0 Å². The summed E-state index contributed by atoms with van der Waals surface area (Å²) in [6.45, 7) is 6.66. The van der Waals surface area contributed by atoms with Crippen molar-refractivity contribution in [3.63, 3.8) is 0 Å². The highest BCUT2D eigenvalue weighted by Crippen LogP contribution is 2.42. The fraction of sp³-hybridized carbons (Fsp3) is 0.625. The van der Waals surface area contributed by atoms with Crippen molar-refractivity contribution in [3.8, 4) is 0 Å². The third kappa shape index (κ3) is 2.95. The topological polar surface area (TPSA) is 20.2 Å². The van der Waals surface area contributed by atoms with Gasteiger partial charge in [0.15, 0.2) is 23.3 Å². The van der Waals surface area contributed by atoms with Crippen molar-refractivity contribution in [2.75, 3.05) is 0 Å². The smallest absolute Gasteiger partial charge is 0.167 e. The van der Waals surface area contributed by atoms with E-state index in [1.54, 1.807) is 6.92 Å². The zero-order valence-electron chi connectivity index (χ0n) is 13.6. The van der Waals surface area contributed by atoms with Crippen LogP contribution in [0.4, 0.5) is 17.6 Å². The van der Waals surface area contributed by atoms with Gasteiger partial charge >= 0.3 is 0 Å². The molecule has 1 unspecified atom stereocenters. The van der Waals surface area contributed by atoms with Crippen LogP contribution in [0.3, 0.4) is 0 Å². The van der Waals surface area contributed by atoms with Crippen molar-refractivity contribution in [2.45, 2.75) is 64.4 Å². The standard InChI is InChI=1S/C16H24F4OSi/c1-5-11(22(6-2,7-3)8-4)12-15(19)13(17)10(9-21)14(18)16(12)20/h11,21H,5-9H2,1-4H3. The lowest BCUT2D eigenvalue weighted by molar-refractivity contribution is 0.262.